The molecule has 1 fully saturated rings. The van der Waals surface area contributed by atoms with Crippen molar-refractivity contribution >= 4 is 0 Å². The van der Waals surface area contributed by atoms with Gasteiger partial charge in [0.25, 0.3) is 5.56 Å². The van der Waals surface area contributed by atoms with Crippen molar-refractivity contribution < 1.29 is 4.74 Å². The number of H-pyrrole nitrogens is 1. The number of nitrogens with zero attached hydrogens (tertiary/aromatic N) is 1. The fourth-order valence-corrected chi connectivity index (χ4v) is 3.61. The molecule has 116 valence electrons. The molecule has 5 heteroatoms. The van der Waals surface area contributed by atoms with Gasteiger partial charge in [0.05, 0.1) is 5.69 Å². The van der Waals surface area contributed by atoms with Crippen molar-refractivity contribution in [2.75, 3.05) is 13.2 Å². The fraction of sp³-hybridized carbons (Fsp3) is 0.750. The number of aromatic nitrogens is 2. The monoisotopic (exact) mass is 291 g/mol. The van der Waals surface area contributed by atoms with Crippen LogP contribution in [0.4, 0.5) is 0 Å². The summed E-state index contributed by atoms with van der Waals surface area (Å²) in [5, 5.41) is 3.30. The maximum Gasteiger partial charge on any atom is 0.254 e. The third-order valence-corrected chi connectivity index (χ3v) is 4.71. The van der Waals surface area contributed by atoms with Gasteiger partial charge in [0.15, 0.2) is 0 Å². The zero-order valence-corrected chi connectivity index (χ0v) is 12.8. The van der Waals surface area contributed by atoms with Crippen molar-refractivity contribution in [1.29, 1.82) is 0 Å². The van der Waals surface area contributed by atoms with E-state index in [-0.39, 0.29) is 5.56 Å². The van der Waals surface area contributed by atoms with Gasteiger partial charge in [-0.05, 0) is 32.7 Å². The third kappa shape index (κ3) is 2.90. The summed E-state index contributed by atoms with van der Waals surface area (Å²) in [5.74, 6) is 0.749. The first kappa shape index (κ1) is 14.7. The van der Waals surface area contributed by atoms with Gasteiger partial charge in [0, 0.05) is 18.7 Å². The first-order chi connectivity index (χ1) is 10.2. The van der Waals surface area contributed by atoms with Crippen LogP contribution < -0.4 is 10.9 Å². The summed E-state index contributed by atoms with van der Waals surface area (Å²) in [4.78, 5) is 20.2. The van der Waals surface area contributed by atoms with Crippen LogP contribution in [0.5, 0.6) is 0 Å². The lowest BCUT2D eigenvalue weighted by atomic mass is 9.92. The molecule has 2 heterocycles. The zero-order chi connectivity index (χ0) is 14.7. The van der Waals surface area contributed by atoms with Gasteiger partial charge in [-0.25, -0.2) is 4.98 Å². The van der Waals surface area contributed by atoms with Crippen molar-refractivity contribution in [2.45, 2.75) is 64.0 Å². The molecule has 0 unspecified atom stereocenters. The topological polar surface area (TPSA) is 67.0 Å². The SMILES string of the molecule is CCOC1(c2nc3c(c(=O)[nH]2)CCNC3)CCCCCC1. The second-order valence-corrected chi connectivity index (χ2v) is 6.11. The minimum absolute atomic E-state index is 0.0276. The molecular weight excluding hydrogens is 266 g/mol. The van der Waals surface area contributed by atoms with Gasteiger partial charge in [0.1, 0.15) is 11.4 Å². The van der Waals surface area contributed by atoms with E-state index in [1.807, 2.05) is 6.92 Å². The van der Waals surface area contributed by atoms with Gasteiger partial charge in [-0.3, -0.25) is 4.79 Å². The standard InChI is InChI=1S/C16H25N3O2/c1-2-21-16(8-5-3-4-6-9-16)15-18-13-11-17-10-7-12(13)14(20)19-15/h17H,2-11H2,1H3,(H,18,19,20). The Bertz CT molecular complexity index is 545. The minimum Gasteiger partial charge on any atom is -0.367 e. The summed E-state index contributed by atoms with van der Waals surface area (Å²) < 4.78 is 6.13. The van der Waals surface area contributed by atoms with E-state index in [1.54, 1.807) is 0 Å². The molecule has 2 N–H and O–H groups in total. The predicted octanol–water partition coefficient (Wildman–Crippen LogP) is 2.00. The average molecular weight is 291 g/mol. The molecule has 1 aliphatic carbocycles. The predicted molar refractivity (Wildman–Crippen MR) is 81.3 cm³/mol. The Morgan fingerprint density at radius 1 is 1.24 bits per heavy atom. The lowest BCUT2D eigenvalue weighted by molar-refractivity contribution is -0.0628. The van der Waals surface area contributed by atoms with Crippen molar-refractivity contribution in [1.82, 2.24) is 15.3 Å². The molecule has 1 aromatic heterocycles. The molecule has 3 rings (SSSR count). The van der Waals surface area contributed by atoms with Crippen LogP contribution in [-0.2, 0) is 23.3 Å². The van der Waals surface area contributed by atoms with E-state index in [9.17, 15) is 4.79 Å². The van der Waals surface area contributed by atoms with Crippen LogP contribution in [0, 0.1) is 0 Å². The molecule has 21 heavy (non-hydrogen) atoms. The molecule has 5 nitrogen and oxygen atoms in total. The molecule has 0 radical (unpaired) electrons. The lowest BCUT2D eigenvalue weighted by Crippen LogP contribution is -2.38. The molecule has 0 spiro atoms. The smallest absolute Gasteiger partial charge is 0.254 e. The van der Waals surface area contributed by atoms with Crippen molar-refractivity contribution in [3.05, 3.63) is 27.4 Å². The Kier molecular flexibility index (Phi) is 4.40. The van der Waals surface area contributed by atoms with Gasteiger partial charge in [-0.2, -0.15) is 0 Å². The van der Waals surface area contributed by atoms with Gasteiger partial charge < -0.3 is 15.0 Å². The third-order valence-electron chi connectivity index (χ3n) is 4.71. The maximum atomic E-state index is 12.4. The van der Waals surface area contributed by atoms with Gasteiger partial charge in [0.2, 0.25) is 0 Å². The van der Waals surface area contributed by atoms with E-state index in [1.165, 1.54) is 12.8 Å². The molecule has 2 aliphatic rings. The normalized spacial score (nSPS) is 21.6. The second kappa shape index (κ2) is 6.28. The largest absolute Gasteiger partial charge is 0.367 e. The van der Waals surface area contributed by atoms with Crippen LogP contribution >= 0.6 is 0 Å². The first-order valence-corrected chi connectivity index (χ1v) is 8.22. The lowest BCUT2D eigenvalue weighted by Gasteiger charge is -2.32. The highest BCUT2D eigenvalue weighted by Gasteiger charge is 2.37. The van der Waals surface area contributed by atoms with Crippen molar-refractivity contribution in [2.24, 2.45) is 0 Å². The van der Waals surface area contributed by atoms with Crippen LogP contribution in [0.2, 0.25) is 0 Å². The summed E-state index contributed by atoms with van der Waals surface area (Å²) in [6, 6.07) is 0. The van der Waals surface area contributed by atoms with Gasteiger partial charge in [-0.1, -0.05) is 25.7 Å². The number of aromatic amines is 1. The molecule has 0 bridgehead atoms. The number of hydrogen-bond acceptors (Lipinski definition) is 4. The molecule has 0 amide bonds. The highest BCUT2D eigenvalue weighted by atomic mass is 16.5. The number of ether oxygens (including phenoxy) is 1. The van der Waals surface area contributed by atoms with E-state index >= 15 is 0 Å². The van der Waals surface area contributed by atoms with Gasteiger partial charge >= 0.3 is 0 Å². The summed E-state index contributed by atoms with van der Waals surface area (Å²) in [7, 11) is 0. The quantitative estimate of drug-likeness (QED) is 0.836. The molecule has 1 aromatic rings. The van der Waals surface area contributed by atoms with Crippen molar-refractivity contribution in [3.8, 4) is 0 Å². The first-order valence-electron chi connectivity index (χ1n) is 8.22. The summed E-state index contributed by atoms with van der Waals surface area (Å²) in [5.41, 5.74) is 1.39. The highest BCUT2D eigenvalue weighted by Crippen LogP contribution is 2.37. The van der Waals surface area contributed by atoms with E-state index in [0.29, 0.717) is 13.2 Å². The van der Waals surface area contributed by atoms with Crippen LogP contribution in [-0.4, -0.2) is 23.1 Å². The maximum absolute atomic E-state index is 12.4. The minimum atomic E-state index is -0.392. The average Bonchev–Trinajstić information content (AvgIpc) is 2.74. The van der Waals surface area contributed by atoms with Crippen molar-refractivity contribution in [3.63, 3.8) is 0 Å². The molecule has 0 atom stereocenters. The fourth-order valence-electron chi connectivity index (χ4n) is 3.61. The Labute approximate surface area is 125 Å². The second-order valence-electron chi connectivity index (χ2n) is 6.11. The molecule has 1 saturated carbocycles. The molecule has 1 aliphatic heterocycles. The van der Waals surface area contributed by atoms with Crippen LogP contribution in [0.3, 0.4) is 0 Å². The van der Waals surface area contributed by atoms with E-state index < -0.39 is 5.60 Å². The number of rotatable bonds is 3. The summed E-state index contributed by atoms with van der Waals surface area (Å²) >= 11 is 0. The molecule has 0 aromatic carbocycles. The van der Waals surface area contributed by atoms with Crippen LogP contribution in [0.1, 0.15) is 62.5 Å². The zero-order valence-electron chi connectivity index (χ0n) is 12.8. The van der Waals surface area contributed by atoms with Crippen LogP contribution in [0.15, 0.2) is 4.79 Å². The molecule has 0 saturated heterocycles. The Morgan fingerprint density at radius 2 is 2.00 bits per heavy atom. The highest BCUT2D eigenvalue weighted by molar-refractivity contribution is 5.22. The Balaban J connectivity index is 2.02. The van der Waals surface area contributed by atoms with Gasteiger partial charge in [-0.15, -0.1) is 0 Å². The summed E-state index contributed by atoms with van der Waals surface area (Å²) in [6.07, 6.45) is 7.43. The Morgan fingerprint density at radius 3 is 2.71 bits per heavy atom. The van der Waals surface area contributed by atoms with E-state index in [0.717, 1.165) is 55.7 Å². The number of nitrogens with one attached hydrogen (secondary N) is 2. The van der Waals surface area contributed by atoms with Crippen LogP contribution in [0.25, 0.3) is 0 Å². The number of hydrogen-bond donors (Lipinski definition) is 2. The molecular formula is C16H25N3O2. The number of fused-ring (bicyclic) bond motifs is 1. The van der Waals surface area contributed by atoms with E-state index in [4.69, 9.17) is 9.72 Å². The van der Waals surface area contributed by atoms with E-state index in [2.05, 4.69) is 10.3 Å². The Hall–Kier alpha value is -1.20. The summed E-state index contributed by atoms with van der Waals surface area (Å²) in [6.45, 7) is 4.21.